The molecular formula is C14H29N3O. The minimum atomic E-state index is 0.149. The monoisotopic (exact) mass is 255 g/mol. The minimum Gasteiger partial charge on any atom is -0.352 e. The van der Waals surface area contributed by atoms with Crippen molar-refractivity contribution in [2.45, 2.75) is 52.6 Å². The van der Waals surface area contributed by atoms with Gasteiger partial charge in [0.25, 0.3) is 0 Å². The molecule has 4 heteroatoms. The number of carbonyl (C=O) groups is 1. The second-order valence-corrected chi connectivity index (χ2v) is 6.07. The van der Waals surface area contributed by atoms with Gasteiger partial charge in [-0.3, -0.25) is 9.69 Å². The quantitative estimate of drug-likeness (QED) is 0.776. The van der Waals surface area contributed by atoms with Crippen LogP contribution >= 0.6 is 0 Å². The first-order chi connectivity index (χ1) is 8.40. The molecule has 0 radical (unpaired) electrons. The maximum Gasteiger partial charge on any atom is 0.234 e. The number of amides is 1. The highest BCUT2D eigenvalue weighted by Gasteiger charge is 2.23. The third-order valence-electron chi connectivity index (χ3n) is 4.13. The first-order valence-corrected chi connectivity index (χ1v) is 7.17. The summed E-state index contributed by atoms with van der Waals surface area (Å²) < 4.78 is 0. The number of nitrogens with zero attached hydrogens (tertiary/aromatic N) is 1. The first-order valence-electron chi connectivity index (χ1n) is 7.17. The van der Waals surface area contributed by atoms with E-state index in [1.54, 1.807) is 0 Å². The van der Waals surface area contributed by atoms with Gasteiger partial charge in [0, 0.05) is 12.1 Å². The lowest BCUT2D eigenvalue weighted by Crippen LogP contribution is -2.46. The molecule has 2 atom stereocenters. The van der Waals surface area contributed by atoms with Crippen molar-refractivity contribution in [1.82, 2.24) is 10.2 Å². The van der Waals surface area contributed by atoms with Gasteiger partial charge in [-0.05, 0) is 51.6 Å². The van der Waals surface area contributed by atoms with Crippen LogP contribution in [0.15, 0.2) is 0 Å². The number of piperidine rings is 1. The molecule has 0 saturated carbocycles. The minimum absolute atomic E-state index is 0.149. The van der Waals surface area contributed by atoms with E-state index in [4.69, 9.17) is 5.73 Å². The average Bonchev–Trinajstić information content (AvgIpc) is 2.29. The van der Waals surface area contributed by atoms with Gasteiger partial charge in [0.2, 0.25) is 5.91 Å². The molecule has 1 rings (SSSR count). The van der Waals surface area contributed by atoms with Gasteiger partial charge in [-0.2, -0.15) is 0 Å². The van der Waals surface area contributed by atoms with Crippen molar-refractivity contribution < 1.29 is 4.79 Å². The Hall–Kier alpha value is -0.610. The summed E-state index contributed by atoms with van der Waals surface area (Å²) in [5.41, 5.74) is 5.92. The standard InChI is InChI=1S/C14H29N3O/c1-10(2)12(4)16-14(18)9-17-7-5-13(6-8-17)11(3)15/h10-13H,5-9,15H2,1-4H3,(H,16,18). The van der Waals surface area contributed by atoms with Crippen LogP contribution in [0.1, 0.15) is 40.5 Å². The molecule has 1 amide bonds. The highest BCUT2D eigenvalue weighted by molar-refractivity contribution is 5.78. The van der Waals surface area contributed by atoms with Gasteiger partial charge in [0.1, 0.15) is 0 Å². The van der Waals surface area contributed by atoms with E-state index in [0.717, 1.165) is 25.9 Å². The summed E-state index contributed by atoms with van der Waals surface area (Å²) >= 11 is 0. The van der Waals surface area contributed by atoms with Crippen molar-refractivity contribution in [3.8, 4) is 0 Å². The van der Waals surface area contributed by atoms with Crippen LogP contribution in [0.4, 0.5) is 0 Å². The fourth-order valence-electron chi connectivity index (χ4n) is 2.31. The average molecular weight is 255 g/mol. The van der Waals surface area contributed by atoms with Gasteiger partial charge in [-0.15, -0.1) is 0 Å². The van der Waals surface area contributed by atoms with Crippen LogP contribution in [-0.2, 0) is 4.79 Å². The number of carbonyl (C=O) groups excluding carboxylic acids is 1. The van der Waals surface area contributed by atoms with Crippen LogP contribution in [0.3, 0.4) is 0 Å². The summed E-state index contributed by atoms with van der Waals surface area (Å²) in [5, 5.41) is 3.06. The Morgan fingerprint density at radius 2 is 1.83 bits per heavy atom. The van der Waals surface area contributed by atoms with E-state index in [1.165, 1.54) is 0 Å². The van der Waals surface area contributed by atoms with Crippen molar-refractivity contribution in [2.75, 3.05) is 19.6 Å². The third kappa shape index (κ3) is 4.94. The van der Waals surface area contributed by atoms with Crippen LogP contribution in [-0.4, -0.2) is 42.5 Å². The van der Waals surface area contributed by atoms with E-state index in [2.05, 4.69) is 37.9 Å². The van der Waals surface area contributed by atoms with E-state index in [9.17, 15) is 4.79 Å². The van der Waals surface area contributed by atoms with Crippen molar-refractivity contribution in [3.63, 3.8) is 0 Å². The van der Waals surface area contributed by atoms with Gasteiger partial charge >= 0.3 is 0 Å². The number of nitrogens with one attached hydrogen (secondary N) is 1. The van der Waals surface area contributed by atoms with E-state index < -0.39 is 0 Å². The molecule has 18 heavy (non-hydrogen) atoms. The van der Waals surface area contributed by atoms with Crippen LogP contribution in [0.25, 0.3) is 0 Å². The zero-order valence-corrected chi connectivity index (χ0v) is 12.3. The molecule has 0 aliphatic carbocycles. The molecule has 1 aliphatic heterocycles. The van der Waals surface area contributed by atoms with E-state index in [1.807, 2.05) is 0 Å². The maximum atomic E-state index is 11.9. The Morgan fingerprint density at radius 1 is 1.28 bits per heavy atom. The second-order valence-electron chi connectivity index (χ2n) is 6.07. The smallest absolute Gasteiger partial charge is 0.234 e. The Morgan fingerprint density at radius 3 is 2.28 bits per heavy atom. The van der Waals surface area contributed by atoms with Crippen molar-refractivity contribution in [1.29, 1.82) is 0 Å². The number of likely N-dealkylation sites (tertiary alicyclic amines) is 1. The Balaban J connectivity index is 2.26. The fourth-order valence-corrected chi connectivity index (χ4v) is 2.31. The predicted molar refractivity (Wildman–Crippen MR) is 75.3 cm³/mol. The Kier molecular flexibility index (Phi) is 6.09. The molecule has 1 aliphatic rings. The molecule has 0 aromatic heterocycles. The number of nitrogens with two attached hydrogens (primary N) is 1. The molecule has 1 saturated heterocycles. The lowest BCUT2D eigenvalue weighted by molar-refractivity contribution is -0.123. The molecular weight excluding hydrogens is 226 g/mol. The van der Waals surface area contributed by atoms with Gasteiger partial charge in [0.15, 0.2) is 0 Å². The van der Waals surface area contributed by atoms with Crippen molar-refractivity contribution in [3.05, 3.63) is 0 Å². The maximum absolute atomic E-state index is 11.9. The van der Waals surface area contributed by atoms with Gasteiger partial charge in [0.05, 0.1) is 6.54 Å². The molecule has 0 aromatic rings. The second kappa shape index (κ2) is 7.10. The Labute approximate surface area is 111 Å². The summed E-state index contributed by atoms with van der Waals surface area (Å²) in [6.45, 7) is 10.9. The molecule has 0 bridgehead atoms. The van der Waals surface area contributed by atoms with E-state index in [0.29, 0.717) is 18.4 Å². The summed E-state index contributed by atoms with van der Waals surface area (Å²) in [6, 6.07) is 0.529. The normalized spacial score (nSPS) is 21.9. The third-order valence-corrected chi connectivity index (χ3v) is 4.13. The van der Waals surface area contributed by atoms with Crippen LogP contribution in [0.5, 0.6) is 0 Å². The number of rotatable bonds is 5. The van der Waals surface area contributed by atoms with Crippen molar-refractivity contribution >= 4 is 5.91 Å². The number of hydrogen-bond donors (Lipinski definition) is 2. The topological polar surface area (TPSA) is 58.4 Å². The molecule has 2 unspecified atom stereocenters. The van der Waals surface area contributed by atoms with Crippen molar-refractivity contribution in [2.24, 2.45) is 17.6 Å². The number of hydrogen-bond acceptors (Lipinski definition) is 3. The zero-order chi connectivity index (χ0) is 13.7. The lowest BCUT2D eigenvalue weighted by Gasteiger charge is -2.33. The highest BCUT2D eigenvalue weighted by atomic mass is 16.2. The largest absolute Gasteiger partial charge is 0.352 e. The molecule has 1 fully saturated rings. The molecule has 4 nitrogen and oxygen atoms in total. The fraction of sp³-hybridized carbons (Fsp3) is 0.929. The molecule has 3 N–H and O–H groups in total. The molecule has 0 spiro atoms. The van der Waals surface area contributed by atoms with E-state index >= 15 is 0 Å². The molecule has 106 valence electrons. The zero-order valence-electron chi connectivity index (χ0n) is 12.3. The SMILES string of the molecule is CC(C)C(C)NC(=O)CN1CCC(C(C)N)CC1. The summed E-state index contributed by atoms with van der Waals surface area (Å²) in [6.07, 6.45) is 2.23. The Bertz CT molecular complexity index is 258. The molecule has 0 aromatic carbocycles. The summed E-state index contributed by atoms with van der Waals surface area (Å²) in [5.74, 6) is 1.26. The van der Waals surface area contributed by atoms with E-state index in [-0.39, 0.29) is 18.0 Å². The van der Waals surface area contributed by atoms with Crippen LogP contribution in [0.2, 0.25) is 0 Å². The van der Waals surface area contributed by atoms with Crippen LogP contribution < -0.4 is 11.1 Å². The molecule has 1 heterocycles. The van der Waals surface area contributed by atoms with Gasteiger partial charge in [-0.1, -0.05) is 13.8 Å². The van der Waals surface area contributed by atoms with Gasteiger partial charge in [-0.25, -0.2) is 0 Å². The highest BCUT2D eigenvalue weighted by Crippen LogP contribution is 2.19. The summed E-state index contributed by atoms with van der Waals surface area (Å²) in [7, 11) is 0. The lowest BCUT2D eigenvalue weighted by atomic mass is 9.91. The first kappa shape index (κ1) is 15.4. The van der Waals surface area contributed by atoms with Crippen LogP contribution in [0, 0.1) is 11.8 Å². The summed E-state index contributed by atoms with van der Waals surface area (Å²) in [4.78, 5) is 14.1. The van der Waals surface area contributed by atoms with Gasteiger partial charge < -0.3 is 11.1 Å². The predicted octanol–water partition coefficient (Wildman–Crippen LogP) is 1.21.